The molecule has 6 aromatic carbocycles. The molecule has 0 N–H and O–H groups in total. The molecule has 1 aliphatic rings. The van der Waals surface area contributed by atoms with Crippen molar-refractivity contribution in [2.45, 2.75) is 19.3 Å². The van der Waals surface area contributed by atoms with Crippen molar-refractivity contribution >= 4 is 32.7 Å². The predicted octanol–water partition coefficient (Wildman–Crippen LogP) is 10.4. The Bertz CT molecular complexity index is 2400. The highest BCUT2D eigenvalue weighted by Gasteiger charge is 2.38. The molecule has 0 saturated heterocycles. The monoisotopic (exact) mass is 563 g/mol. The van der Waals surface area contributed by atoms with Crippen LogP contribution < -0.4 is 0 Å². The Labute approximate surface area is 256 Å². The summed E-state index contributed by atoms with van der Waals surface area (Å²) >= 11 is 0. The van der Waals surface area contributed by atoms with Gasteiger partial charge in [0.2, 0.25) is 0 Å². The summed E-state index contributed by atoms with van der Waals surface area (Å²) in [6, 6.07) is 47.7. The summed E-state index contributed by atoms with van der Waals surface area (Å²) < 4.78 is 2.35. The van der Waals surface area contributed by atoms with Crippen LogP contribution in [0.25, 0.3) is 72.0 Å². The molecule has 0 atom stereocenters. The van der Waals surface area contributed by atoms with E-state index < -0.39 is 0 Å². The van der Waals surface area contributed by atoms with Crippen LogP contribution in [0.15, 0.2) is 140 Å². The smallest absolute Gasteiger partial charge is 0.159 e. The number of nitrogens with zero attached hydrogens (tertiary/aromatic N) is 3. The second-order valence-electron chi connectivity index (χ2n) is 12.3. The molecule has 0 amide bonds. The Balaban J connectivity index is 1.32. The number of hydrogen-bond donors (Lipinski definition) is 0. The lowest BCUT2D eigenvalue weighted by molar-refractivity contribution is 0.666. The van der Waals surface area contributed by atoms with Crippen LogP contribution in [0.1, 0.15) is 25.0 Å². The van der Waals surface area contributed by atoms with Gasteiger partial charge in [-0.3, -0.25) is 0 Å². The van der Waals surface area contributed by atoms with Crippen molar-refractivity contribution in [3.8, 4) is 39.3 Å². The van der Waals surface area contributed by atoms with Crippen LogP contribution in [0, 0.1) is 0 Å². The summed E-state index contributed by atoms with van der Waals surface area (Å²) in [5.74, 6) is 0.737. The van der Waals surface area contributed by atoms with E-state index in [1.807, 2.05) is 12.3 Å². The summed E-state index contributed by atoms with van der Waals surface area (Å²) in [4.78, 5) is 10.3. The molecule has 0 bridgehead atoms. The van der Waals surface area contributed by atoms with Crippen LogP contribution in [0.5, 0.6) is 0 Å². The second-order valence-corrected chi connectivity index (χ2v) is 12.3. The maximum absolute atomic E-state index is 5.36. The van der Waals surface area contributed by atoms with E-state index in [0.717, 1.165) is 33.6 Å². The summed E-state index contributed by atoms with van der Waals surface area (Å²) in [6.45, 7) is 4.70. The van der Waals surface area contributed by atoms with Crippen molar-refractivity contribution in [1.29, 1.82) is 0 Å². The average molecular weight is 564 g/mol. The topological polar surface area (TPSA) is 30.7 Å². The summed E-state index contributed by atoms with van der Waals surface area (Å²) in [6.07, 6.45) is 2.01. The first-order chi connectivity index (χ1) is 21.6. The molecule has 208 valence electrons. The number of hydrogen-bond acceptors (Lipinski definition) is 2. The Morgan fingerprint density at radius 2 is 1.27 bits per heavy atom. The largest absolute Gasteiger partial charge is 0.306 e. The number of aromatic nitrogens is 3. The predicted molar refractivity (Wildman–Crippen MR) is 182 cm³/mol. The van der Waals surface area contributed by atoms with Crippen molar-refractivity contribution in [2.24, 2.45) is 0 Å². The van der Waals surface area contributed by atoms with Gasteiger partial charge >= 0.3 is 0 Å². The van der Waals surface area contributed by atoms with Gasteiger partial charge in [0, 0.05) is 22.1 Å². The highest BCUT2D eigenvalue weighted by molar-refractivity contribution is 6.13. The van der Waals surface area contributed by atoms with E-state index in [1.54, 1.807) is 0 Å². The molecule has 9 rings (SSSR count). The third kappa shape index (κ3) is 3.56. The van der Waals surface area contributed by atoms with Crippen LogP contribution in [0.4, 0.5) is 0 Å². The molecule has 0 unspecified atom stereocenters. The zero-order valence-electron chi connectivity index (χ0n) is 24.6. The molecular formula is C41H29N3. The normalized spacial score (nSPS) is 13.4. The van der Waals surface area contributed by atoms with E-state index in [2.05, 4.69) is 146 Å². The minimum Gasteiger partial charge on any atom is -0.306 e. The highest BCUT2D eigenvalue weighted by atomic mass is 15.0. The van der Waals surface area contributed by atoms with Crippen LogP contribution in [0.3, 0.4) is 0 Å². The summed E-state index contributed by atoms with van der Waals surface area (Å²) in [5.41, 5.74) is 12.8. The maximum atomic E-state index is 5.36. The van der Waals surface area contributed by atoms with E-state index in [4.69, 9.17) is 9.97 Å². The third-order valence-electron chi connectivity index (χ3n) is 9.43. The summed E-state index contributed by atoms with van der Waals surface area (Å²) in [5, 5.41) is 3.65. The van der Waals surface area contributed by atoms with Crippen molar-refractivity contribution in [2.75, 3.05) is 0 Å². The van der Waals surface area contributed by atoms with E-state index in [0.29, 0.717) is 0 Å². The van der Waals surface area contributed by atoms with Gasteiger partial charge in [-0.1, -0.05) is 129 Å². The standard InChI is InChI=1S/C41H29N3/c1-41(2)34-15-9-8-14-32(34)33-22-23-35-37(38(33)41)39-36(44(35)31-21-20-27-12-6-7-13-30(27)24-31)25-42-40(43-39)29-18-16-28(17-19-29)26-10-4-3-5-11-26/h3-25H,1-2H3. The molecule has 8 aromatic rings. The van der Waals surface area contributed by atoms with Gasteiger partial charge in [0.15, 0.2) is 5.82 Å². The lowest BCUT2D eigenvalue weighted by Crippen LogP contribution is -2.15. The Hall–Kier alpha value is -5.54. The van der Waals surface area contributed by atoms with Gasteiger partial charge < -0.3 is 4.57 Å². The molecule has 44 heavy (non-hydrogen) atoms. The first-order valence-electron chi connectivity index (χ1n) is 15.2. The maximum Gasteiger partial charge on any atom is 0.159 e. The zero-order valence-corrected chi connectivity index (χ0v) is 24.6. The molecule has 0 fully saturated rings. The molecule has 3 nitrogen and oxygen atoms in total. The Morgan fingerprint density at radius 1 is 0.568 bits per heavy atom. The average Bonchev–Trinajstić information content (AvgIpc) is 3.53. The molecule has 0 aliphatic heterocycles. The molecule has 0 spiro atoms. The summed E-state index contributed by atoms with van der Waals surface area (Å²) in [7, 11) is 0. The quantitative estimate of drug-likeness (QED) is 0.214. The molecule has 2 heterocycles. The fourth-order valence-electron chi connectivity index (χ4n) is 7.32. The van der Waals surface area contributed by atoms with Gasteiger partial charge in [0.05, 0.1) is 17.2 Å². The molecule has 0 saturated carbocycles. The van der Waals surface area contributed by atoms with E-state index in [1.165, 1.54) is 49.5 Å². The van der Waals surface area contributed by atoms with Crippen LogP contribution in [0.2, 0.25) is 0 Å². The van der Waals surface area contributed by atoms with Gasteiger partial charge in [0.25, 0.3) is 0 Å². The van der Waals surface area contributed by atoms with Crippen LogP contribution >= 0.6 is 0 Å². The van der Waals surface area contributed by atoms with E-state index >= 15 is 0 Å². The lowest BCUT2D eigenvalue weighted by Gasteiger charge is -2.22. The highest BCUT2D eigenvalue weighted by Crippen LogP contribution is 2.53. The third-order valence-corrected chi connectivity index (χ3v) is 9.43. The molecular weight excluding hydrogens is 534 g/mol. The fraction of sp³-hybridized carbons (Fsp3) is 0.0732. The minimum absolute atomic E-state index is 0.170. The number of benzene rings is 6. The number of fused-ring (bicyclic) bond motifs is 8. The molecule has 3 heteroatoms. The molecule has 0 radical (unpaired) electrons. The lowest BCUT2D eigenvalue weighted by atomic mass is 9.81. The van der Waals surface area contributed by atoms with Gasteiger partial charge in [-0.2, -0.15) is 0 Å². The first kappa shape index (κ1) is 25.0. The van der Waals surface area contributed by atoms with Crippen LogP contribution in [-0.2, 0) is 5.41 Å². The van der Waals surface area contributed by atoms with Gasteiger partial charge in [-0.05, 0) is 62.4 Å². The van der Waals surface area contributed by atoms with Crippen molar-refractivity contribution in [3.05, 3.63) is 151 Å². The zero-order chi connectivity index (χ0) is 29.4. The van der Waals surface area contributed by atoms with E-state index in [9.17, 15) is 0 Å². The SMILES string of the molecule is CC1(C)c2ccccc2-c2ccc3c(c21)c1nc(-c2ccc(-c4ccccc4)cc2)ncc1n3-c1ccc2ccccc2c1. The van der Waals surface area contributed by atoms with E-state index in [-0.39, 0.29) is 5.41 Å². The molecule has 1 aliphatic carbocycles. The minimum atomic E-state index is -0.170. The van der Waals surface area contributed by atoms with Crippen LogP contribution in [-0.4, -0.2) is 14.5 Å². The Kier molecular flexibility index (Phi) is 5.24. The van der Waals surface area contributed by atoms with Gasteiger partial charge in [0.1, 0.15) is 5.52 Å². The van der Waals surface area contributed by atoms with Crippen molar-refractivity contribution in [1.82, 2.24) is 14.5 Å². The van der Waals surface area contributed by atoms with Gasteiger partial charge in [-0.15, -0.1) is 0 Å². The number of rotatable bonds is 3. The first-order valence-corrected chi connectivity index (χ1v) is 15.2. The molecule has 2 aromatic heterocycles. The second kappa shape index (κ2) is 9.23. The Morgan fingerprint density at radius 3 is 2.11 bits per heavy atom. The van der Waals surface area contributed by atoms with Crippen molar-refractivity contribution in [3.63, 3.8) is 0 Å². The van der Waals surface area contributed by atoms with Gasteiger partial charge in [-0.25, -0.2) is 9.97 Å². The van der Waals surface area contributed by atoms with Crippen molar-refractivity contribution < 1.29 is 0 Å². The fourth-order valence-corrected chi connectivity index (χ4v) is 7.32.